The Morgan fingerprint density at radius 1 is 1.04 bits per heavy atom. The molecule has 3 aliphatic heterocycles. The molecule has 1 aliphatic carbocycles. The van der Waals surface area contributed by atoms with Crippen molar-refractivity contribution in [2.75, 3.05) is 51.8 Å². The summed E-state index contributed by atoms with van der Waals surface area (Å²) in [6, 6.07) is 5.75. The zero-order valence-electron chi connectivity index (χ0n) is 33.2. The number of alkyl halides is 3. The van der Waals surface area contributed by atoms with Gasteiger partial charge >= 0.3 is 12.2 Å². The van der Waals surface area contributed by atoms with Gasteiger partial charge in [-0.3, -0.25) is 4.90 Å². The number of phenolic OH excluding ortho intramolecular Hbond substituents is 1. The number of aryl methyl sites for hydroxylation is 1. The van der Waals surface area contributed by atoms with Crippen molar-refractivity contribution in [2.24, 2.45) is 11.8 Å². The molecule has 2 aromatic heterocycles. The van der Waals surface area contributed by atoms with Gasteiger partial charge in [-0.1, -0.05) is 39.2 Å². The van der Waals surface area contributed by atoms with Crippen molar-refractivity contribution in [2.45, 2.75) is 96.4 Å². The number of nitrogens with one attached hydrogen (secondary N) is 2. The molecule has 2 unspecified atom stereocenters. The van der Waals surface area contributed by atoms with E-state index in [1.807, 2.05) is 13.8 Å². The van der Waals surface area contributed by atoms with Gasteiger partial charge in [0.15, 0.2) is 11.9 Å². The van der Waals surface area contributed by atoms with E-state index in [1.54, 1.807) is 0 Å². The minimum absolute atomic E-state index is 0.0145. The van der Waals surface area contributed by atoms with Crippen LogP contribution < -0.4 is 15.4 Å². The van der Waals surface area contributed by atoms with Crippen molar-refractivity contribution < 1.29 is 36.5 Å². The van der Waals surface area contributed by atoms with E-state index in [4.69, 9.17) is 21.1 Å². The minimum Gasteiger partial charge on any atom is -0.508 e. The monoisotopic (exact) mass is 796 g/mol. The Hall–Kier alpha value is -4.32. The summed E-state index contributed by atoms with van der Waals surface area (Å²) >= 11 is 0. The predicted molar refractivity (Wildman–Crippen MR) is 212 cm³/mol. The van der Waals surface area contributed by atoms with Crippen molar-refractivity contribution in [3.63, 3.8) is 0 Å². The number of ether oxygens (including phenoxy) is 2. The van der Waals surface area contributed by atoms with Gasteiger partial charge in [0.05, 0.1) is 22.2 Å². The van der Waals surface area contributed by atoms with E-state index in [1.165, 1.54) is 24.3 Å². The van der Waals surface area contributed by atoms with Gasteiger partial charge in [-0.15, -0.1) is 6.42 Å². The van der Waals surface area contributed by atoms with Crippen LogP contribution >= 0.6 is 0 Å². The van der Waals surface area contributed by atoms with Crippen molar-refractivity contribution in [1.29, 1.82) is 0 Å². The summed E-state index contributed by atoms with van der Waals surface area (Å²) in [5.74, 6) is 1.60. The molecule has 8 rings (SSSR count). The zero-order chi connectivity index (χ0) is 40.9. The first kappa shape index (κ1) is 42.3. The van der Waals surface area contributed by atoms with Crippen LogP contribution in [0.25, 0.3) is 32.9 Å². The molecule has 4 aromatic rings. The average molecular weight is 797 g/mol. The van der Waals surface area contributed by atoms with E-state index in [0.29, 0.717) is 66.0 Å². The molecule has 0 amide bonds. The van der Waals surface area contributed by atoms with Gasteiger partial charge in [0.25, 0.3) is 0 Å². The highest BCUT2D eigenvalue weighted by molar-refractivity contribution is 6.03. The Kier molecular flexibility index (Phi) is 13.4. The fourth-order valence-corrected chi connectivity index (χ4v) is 8.55. The van der Waals surface area contributed by atoms with Gasteiger partial charge < -0.3 is 25.2 Å². The predicted octanol–water partition coefficient (Wildman–Crippen LogP) is 8.79. The van der Waals surface area contributed by atoms with E-state index >= 15 is 4.39 Å². The van der Waals surface area contributed by atoms with E-state index in [-0.39, 0.29) is 45.6 Å². The number of hydrogen-bond acceptors (Lipinski definition) is 9. The minimum atomic E-state index is -4.17. The number of pyridine rings is 1. The molecule has 0 spiro atoms. The molecule has 14 heteroatoms. The van der Waals surface area contributed by atoms with Gasteiger partial charge in [0, 0.05) is 31.1 Å². The third kappa shape index (κ3) is 9.06. The Bertz CT molecular complexity index is 2080. The lowest BCUT2D eigenvalue weighted by Gasteiger charge is -2.31. The maximum atomic E-state index is 17.0. The average Bonchev–Trinajstić information content (AvgIpc) is 3.82. The Balaban J connectivity index is 0.000000397. The molecular formula is C43H53F5N6O3. The quantitative estimate of drug-likeness (QED) is 0.125. The van der Waals surface area contributed by atoms with Crippen LogP contribution in [0.15, 0.2) is 24.3 Å². The SMILES string of the molecule is C#Cc1c(F)ccc2cc(O)cc(-c3nc4c5c(nc(OCC67CCCN6CCC7)nc5c3F)NCCNCC(CC)CC4)c12.CC.COC(C1CC1)C(F)(F)F. The maximum Gasteiger partial charge on any atom is 0.414 e. The van der Waals surface area contributed by atoms with Crippen LogP contribution in [0.4, 0.5) is 27.8 Å². The summed E-state index contributed by atoms with van der Waals surface area (Å²) in [6.45, 7) is 10.9. The lowest BCUT2D eigenvalue weighted by molar-refractivity contribution is -0.218. The van der Waals surface area contributed by atoms with Crippen LogP contribution in [-0.2, 0) is 11.2 Å². The number of fused-ring (bicyclic) bond motifs is 2. The molecular weight excluding hydrogens is 744 g/mol. The number of nitrogens with zero attached hydrogens (tertiary/aromatic N) is 4. The van der Waals surface area contributed by atoms with Gasteiger partial charge in [-0.05, 0) is 106 Å². The number of rotatable bonds is 7. The maximum absolute atomic E-state index is 17.0. The number of benzene rings is 2. The lowest BCUT2D eigenvalue weighted by Crippen LogP contribution is -2.43. The highest BCUT2D eigenvalue weighted by atomic mass is 19.4. The number of hydrogen-bond donors (Lipinski definition) is 3. The normalized spacial score (nSPS) is 19.9. The van der Waals surface area contributed by atoms with Crippen molar-refractivity contribution in [3.05, 3.63) is 47.2 Å². The van der Waals surface area contributed by atoms with Crippen LogP contribution in [0.1, 0.15) is 83.4 Å². The van der Waals surface area contributed by atoms with Crippen molar-refractivity contribution in [1.82, 2.24) is 25.2 Å². The number of terminal acetylenes is 1. The molecule has 3 fully saturated rings. The van der Waals surface area contributed by atoms with Gasteiger partial charge in [-0.2, -0.15) is 23.1 Å². The summed E-state index contributed by atoms with van der Waals surface area (Å²) in [5, 5.41) is 18.9. The second kappa shape index (κ2) is 18.1. The fraction of sp³-hybridized carbons (Fsp3) is 0.558. The summed E-state index contributed by atoms with van der Waals surface area (Å²) in [4.78, 5) is 16.8. The first-order chi connectivity index (χ1) is 27.5. The molecule has 308 valence electrons. The molecule has 0 bridgehead atoms. The molecule has 4 aliphatic rings. The number of aromatic nitrogens is 3. The first-order valence-corrected chi connectivity index (χ1v) is 20.2. The van der Waals surface area contributed by atoms with E-state index in [0.717, 1.165) is 71.8 Å². The van der Waals surface area contributed by atoms with Gasteiger partial charge in [-0.25, -0.2) is 13.8 Å². The molecule has 3 N–H and O–H groups in total. The fourth-order valence-electron chi connectivity index (χ4n) is 8.55. The first-order valence-electron chi connectivity index (χ1n) is 20.2. The molecule has 5 heterocycles. The van der Waals surface area contributed by atoms with Crippen LogP contribution in [-0.4, -0.2) is 89.2 Å². The van der Waals surface area contributed by atoms with E-state index in [9.17, 15) is 22.7 Å². The van der Waals surface area contributed by atoms with Gasteiger partial charge in [0.2, 0.25) is 0 Å². The third-order valence-corrected chi connectivity index (χ3v) is 11.6. The molecule has 9 nitrogen and oxygen atoms in total. The molecule has 0 radical (unpaired) electrons. The summed E-state index contributed by atoms with van der Waals surface area (Å²) < 4.78 is 78.2. The molecule has 2 saturated heterocycles. The second-order valence-electron chi connectivity index (χ2n) is 15.1. The van der Waals surface area contributed by atoms with Crippen LogP contribution in [0.3, 0.4) is 0 Å². The summed E-state index contributed by atoms with van der Waals surface area (Å²) in [5.41, 5.74) is 0.811. The highest BCUT2D eigenvalue weighted by Crippen LogP contribution is 2.43. The van der Waals surface area contributed by atoms with Crippen molar-refractivity contribution >= 4 is 27.5 Å². The summed E-state index contributed by atoms with van der Waals surface area (Å²) in [6.07, 6.45) is 8.08. The number of anilines is 1. The van der Waals surface area contributed by atoms with Crippen LogP contribution in [0.5, 0.6) is 11.8 Å². The summed E-state index contributed by atoms with van der Waals surface area (Å²) in [7, 11) is 1.11. The molecule has 57 heavy (non-hydrogen) atoms. The number of aromatic hydroxyl groups is 1. The van der Waals surface area contributed by atoms with E-state index in [2.05, 4.69) is 38.1 Å². The smallest absolute Gasteiger partial charge is 0.414 e. The van der Waals surface area contributed by atoms with Gasteiger partial charge in [0.1, 0.15) is 35.2 Å². The van der Waals surface area contributed by atoms with Crippen molar-refractivity contribution in [3.8, 4) is 35.4 Å². The Morgan fingerprint density at radius 3 is 2.40 bits per heavy atom. The topological polar surface area (TPSA) is 105 Å². The van der Waals surface area contributed by atoms with E-state index < -0.39 is 23.9 Å². The standard InChI is InChI=1S/C35H38F2N6O2.C6H9F3O.C2H6/c1-3-21-7-10-27-29-32(30(37)31(40-27)25-18-23(44)17-22-8-9-26(36)24(4-2)28(22)25)41-34(42-33(29)39-14-13-38-19-21)45-20-35-11-5-15-43(35)16-6-12-35;1-10-5(4-2-3-4)6(7,8)9;1-2/h2,8-9,17-18,21,38,44H,3,5-7,10-16,19-20H2,1H3,(H,39,41,42);4-5H,2-3H2,1H3;1-2H3. The zero-order valence-corrected chi connectivity index (χ0v) is 33.2. The molecule has 1 saturated carbocycles. The highest BCUT2D eigenvalue weighted by Gasteiger charge is 2.49. The van der Waals surface area contributed by atoms with Crippen LogP contribution in [0, 0.1) is 35.8 Å². The second-order valence-corrected chi connectivity index (χ2v) is 15.1. The third-order valence-electron chi connectivity index (χ3n) is 11.6. The Labute approximate surface area is 331 Å². The largest absolute Gasteiger partial charge is 0.508 e. The number of methoxy groups -OCH3 is 1. The number of halogens is 5. The number of phenols is 1. The lowest BCUT2D eigenvalue weighted by atomic mass is 9.94. The Morgan fingerprint density at radius 2 is 1.77 bits per heavy atom. The van der Waals surface area contributed by atoms with Crippen LogP contribution in [0.2, 0.25) is 0 Å². The molecule has 2 atom stereocenters. The molecule has 2 aromatic carbocycles.